The van der Waals surface area contributed by atoms with E-state index in [4.69, 9.17) is 21.1 Å². The van der Waals surface area contributed by atoms with Crippen molar-refractivity contribution < 1.29 is 23.9 Å². The lowest BCUT2D eigenvalue weighted by Gasteiger charge is -2.22. The van der Waals surface area contributed by atoms with Crippen molar-refractivity contribution in [2.24, 2.45) is 0 Å². The largest absolute Gasteiger partial charge is 0.495 e. The average molecular weight is 432 g/mol. The van der Waals surface area contributed by atoms with Crippen LogP contribution in [0.15, 0.2) is 36.4 Å². The molecule has 30 heavy (non-hydrogen) atoms. The molecule has 1 saturated heterocycles. The molecule has 1 heterocycles. The molecule has 3 rings (SSSR count). The SMILES string of the molecule is COc1cc(NC(=O)CN2C(=O)N[C@@](C)(c3ccc(C)cc3)C2=O)c(OC)cc1Cl. The smallest absolute Gasteiger partial charge is 0.325 e. The van der Waals surface area contributed by atoms with E-state index in [2.05, 4.69) is 10.6 Å². The highest BCUT2D eigenvalue weighted by atomic mass is 35.5. The molecule has 158 valence electrons. The van der Waals surface area contributed by atoms with Gasteiger partial charge in [0, 0.05) is 12.1 Å². The average Bonchev–Trinajstić information content (AvgIpc) is 2.93. The number of anilines is 1. The summed E-state index contributed by atoms with van der Waals surface area (Å²) in [5.41, 5.74) is 0.727. The number of carbonyl (C=O) groups excluding carboxylic acids is 3. The van der Waals surface area contributed by atoms with Crippen LogP contribution < -0.4 is 20.1 Å². The number of nitrogens with one attached hydrogen (secondary N) is 2. The Kier molecular flexibility index (Phi) is 5.89. The number of amides is 4. The van der Waals surface area contributed by atoms with Gasteiger partial charge < -0.3 is 20.1 Å². The van der Waals surface area contributed by atoms with E-state index >= 15 is 0 Å². The summed E-state index contributed by atoms with van der Waals surface area (Å²) in [6, 6.07) is 9.63. The van der Waals surface area contributed by atoms with Gasteiger partial charge in [-0.25, -0.2) is 4.79 Å². The Morgan fingerprint density at radius 2 is 1.77 bits per heavy atom. The molecular formula is C21H22ClN3O5. The van der Waals surface area contributed by atoms with Crippen LogP contribution in [0.5, 0.6) is 11.5 Å². The first-order valence-electron chi connectivity index (χ1n) is 9.12. The lowest BCUT2D eigenvalue weighted by molar-refractivity contribution is -0.133. The maximum atomic E-state index is 13.0. The van der Waals surface area contributed by atoms with Crippen molar-refractivity contribution in [3.05, 3.63) is 52.5 Å². The molecule has 2 aromatic carbocycles. The van der Waals surface area contributed by atoms with Crippen LogP contribution >= 0.6 is 11.6 Å². The fraction of sp³-hybridized carbons (Fsp3) is 0.286. The Balaban J connectivity index is 1.78. The summed E-state index contributed by atoms with van der Waals surface area (Å²) in [6.45, 7) is 3.08. The van der Waals surface area contributed by atoms with E-state index in [1.165, 1.54) is 26.4 Å². The predicted octanol–water partition coefficient (Wildman–Crippen LogP) is 3.07. The molecule has 0 aliphatic carbocycles. The maximum absolute atomic E-state index is 13.0. The van der Waals surface area contributed by atoms with Crippen molar-refractivity contribution in [1.82, 2.24) is 10.2 Å². The minimum Gasteiger partial charge on any atom is -0.495 e. The van der Waals surface area contributed by atoms with Gasteiger partial charge in [0.2, 0.25) is 5.91 Å². The van der Waals surface area contributed by atoms with Crippen LogP contribution in [-0.4, -0.2) is 43.5 Å². The molecule has 8 nitrogen and oxygen atoms in total. The number of imide groups is 1. The summed E-state index contributed by atoms with van der Waals surface area (Å²) in [7, 11) is 2.87. The summed E-state index contributed by atoms with van der Waals surface area (Å²) in [5, 5.41) is 5.62. The zero-order valence-electron chi connectivity index (χ0n) is 17.0. The first-order chi connectivity index (χ1) is 14.2. The van der Waals surface area contributed by atoms with Gasteiger partial charge in [-0.3, -0.25) is 14.5 Å². The van der Waals surface area contributed by atoms with Crippen LogP contribution in [0.3, 0.4) is 0 Å². The van der Waals surface area contributed by atoms with Crippen LogP contribution in [0.25, 0.3) is 0 Å². The van der Waals surface area contributed by atoms with E-state index in [1.54, 1.807) is 19.1 Å². The summed E-state index contributed by atoms with van der Waals surface area (Å²) in [4.78, 5) is 38.9. The number of hydrogen-bond donors (Lipinski definition) is 2. The second kappa shape index (κ2) is 8.23. The number of rotatable bonds is 6. The zero-order chi connectivity index (χ0) is 22.1. The summed E-state index contributed by atoms with van der Waals surface area (Å²) in [6.07, 6.45) is 0. The minimum atomic E-state index is -1.24. The van der Waals surface area contributed by atoms with Gasteiger partial charge in [0.15, 0.2) is 0 Å². The number of urea groups is 1. The number of hydrogen-bond acceptors (Lipinski definition) is 5. The van der Waals surface area contributed by atoms with Gasteiger partial charge in [-0.2, -0.15) is 0 Å². The normalized spacial score (nSPS) is 18.2. The monoisotopic (exact) mass is 431 g/mol. The quantitative estimate of drug-likeness (QED) is 0.685. The van der Waals surface area contributed by atoms with E-state index in [1.807, 2.05) is 19.1 Å². The Morgan fingerprint density at radius 3 is 2.37 bits per heavy atom. The maximum Gasteiger partial charge on any atom is 0.325 e. The fourth-order valence-corrected chi connectivity index (χ4v) is 3.45. The molecule has 0 aromatic heterocycles. The van der Waals surface area contributed by atoms with Crippen molar-refractivity contribution in [3.63, 3.8) is 0 Å². The van der Waals surface area contributed by atoms with E-state index in [0.29, 0.717) is 27.8 Å². The number of carbonyl (C=O) groups is 3. The van der Waals surface area contributed by atoms with Crippen LogP contribution in [0.4, 0.5) is 10.5 Å². The molecule has 0 unspecified atom stereocenters. The topological polar surface area (TPSA) is 97.0 Å². The zero-order valence-corrected chi connectivity index (χ0v) is 17.8. The molecule has 4 amide bonds. The summed E-state index contributed by atoms with van der Waals surface area (Å²) >= 11 is 6.07. The number of methoxy groups -OCH3 is 2. The molecule has 9 heteroatoms. The fourth-order valence-electron chi connectivity index (χ4n) is 3.21. The van der Waals surface area contributed by atoms with Gasteiger partial charge in [0.05, 0.1) is 24.9 Å². The van der Waals surface area contributed by atoms with Crippen LogP contribution in [-0.2, 0) is 15.1 Å². The molecule has 1 aliphatic rings. The first kappa shape index (κ1) is 21.4. The number of nitrogens with zero attached hydrogens (tertiary/aromatic N) is 1. The van der Waals surface area contributed by atoms with E-state index in [9.17, 15) is 14.4 Å². The van der Waals surface area contributed by atoms with Gasteiger partial charge >= 0.3 is 6.03 Å². The molecule has 0 radical (unpaired) electrons. The second-order valence-corrected chi connectivity index (χ2v) is 7.45. The van der Waals surface area contributed by atoms with Crippen molar-refractivity contribution in [1.29, 1.82) is 0 Å². The number of aryl methyl sites for hydroxylation is 1. The Bertz CT molecular complexity index is 1010. The predicted molar refractivity (Wildman–Crippen MR) is 112 cm³/mol. The van der Waals surface area contributed by atoms with Crippen LogP contribution in [0, 0.1) is 6.92 Å². The molecular weight excluding hydrogens is 410 g/mol. The Hall–Kier alpha value is -3.26. The van der Waals surface area contributed by atoms with Gasteiger partial charge in [0.25, 0.3) is 5.91 Å². The molecule has 2 N–H and O–H groups in total. The summed E-state index contributed by atoms with van der Waals surface area (Å²) < 4.78 is 10.4. The van der Waals surface area contributed by atoms with Crippen LogP contribution in [0.2, 0.25) is 5.02 Å². The molecule has 0 bridgehead atoms. The molecule has 2 aromatic rings. The standard InChI is InChI=1S/C21H22ClN3O5/c1-12-5-7-13(8-6-12)21(2)19(27)25(20(28)24-21)11-18(26)23-15-10-16(29-3)14(22)9-17(15)30-4/h5-10H,11H2,1-4H3,(H,23,26)(H,24,28)/t21-/m0/s1. The highest BCUT2D eigenvalue weighted by molar-refractivity contribution is 6.32. The highest BCUT2D eigenvalue weighted by Gasteiger charge is 2.49. The van der Waals surface area contributed by atoms with Gasteiger partial charge in [-0.1, -0.05) is 41.4 Å². The number of halogens is 1. The van der Waals surface area contributed by atoms with E-state index in [-0.39, 0.29) is 0 Å². The number of benzene rings is 2. The number of ether oxygens (including phenoxy) is 2. The lowest BCUT2D eigenvalue weighted by Crippen LogP contribution is -2.42. The lowest BCUT2D eigenvalue weighted by atomic mass is 9.91. The third kappa shape index (κ3) is 3.91. The van der Waals surface area contributed by atoms with Gasteiger partial charge in [0.1, 0.15) is 23.6 Å². The Labute approximate surface area is 179 Å². The molecule has 1 fully saturated rings. The summed E-state index contributed by atoms with van der Waals surface area (Å²) in [5.74, 6) is -0.424. The van der Waals surface area contributed by atoms with Crippen molar-refractivity contribution in [3.8, 4) is 11.5 Å². The molecule has 0 spiro atoms. The highest BCUT2D eigenvalue weighted by Crippen LogP contribution is 2.36. The van der Waals surface area contributed by atoms with E-state index < -0.39 is 29.9 Å². The van der Waals surface area contributed by atoms with Crippen molar-refractivity contribution >= 4 is 35.1 Å². The third-order valence-corrected chi connectivity index (χ3v) is 5.25. The molecule has 1 aliphatic heterocycles. The third-order valence-electron chi connectivity index (χ3n) is 4.95. The molecule has 0 saturated carbocycles. The van der Waals surface area contributed by atoms with Crippen molar-refractivity contribution in [2.75, 3.05) is 26.1 Å². The van der Waals surface area contributed by atoms with E-state index in [0.717, 1.165) is 10.5 Å². The first-order valence-corrected chi connectivity index (χ1v) is 9.50. The Morgan fingerprint density at radius 1 is 1.13 bits per heavy atom. The molecule has 1 atom stereocenters. The van der Waals surface area contributed by atoms with Crippen LogP contribution in [0.1, 0.15) is 18.1 Å². The van der Waals surface area contributed by atoms with Gasteiger partial charge in [-0.05, 0) is 19.4 Å². The minimum absolute atomic E-state index is 0.303. The van der Waals surface area contributed by atoms with Gasteiger partial charge in [-0.15, -0.1) is 0 Å². The second-order valence-electron chi connectivity index (χ2n) is 7.05. The van der Waals surface area contributed by atoms with Crippen molar-refractivity contribution in [2.45, 2.75) is 19.4 Å².